The van der Waals surface area contributed by atoms with Gasteiger partial charge in [-0.05, 0) is 40.2 Å². The number of carboxylic acids is 1. The predicted molar refractivity (Wildman–Crippen MR) is 84.2 cm³/mol. The molecule has 2 aromatic rings. The SMILES string of the molecule is COc1cc(CC(=O)Nc2ccnc(C(=O)O)c2)c(F)cc1Br. The molecular formula is C15H12BrFN2O4. The Morgan fingerprint density at radius 1 is 1.39 bits per heavy atom. The van der Waals surface area contributed by atoms with E-state index in [2.05, 4.69) is 26.2 Å². The lowest BCUT2D eigenvalue weighted by atomic mass is 10.1. The number of rotatable bonds is 5. The van der Waals surface area contributed by atoms with Crippen molar-refractivity contribution >= 4 is 33.5 Å². The summed E-state index contributed by atoms with van der Waals surface area (Å²) in [5.74, 6) is -1.83. The van der Waals surface area contributed by atoms with Crippen molar-refractivity contribution < 1.29 is 23.8 Å². The van der Waals surface area contributed by atoms with Crippen molar-refractivity contribution in [1.29, 1.82) is 0 Å². The van der Waals surface area contributed by atoms with Crippen molar-refractivity contribution in [2.45, 2.75) is 6.42 Å². The molecule has 1 heterocycles. The molecule has 6 nitrogen and oxygen atoms in total. The molecule has 0 unspecified atom stereocenters. The van der Waals surface area contributed by atoms with E-state index in [4.69, 9.17) is 9.84 Å². The molecule has 1 aromatic heterocycles. The van der Waals surface area contributed by atoms with Crippen molar-refractivity contribution in [3.05, 3.63) is 52.0 Å². The van der Waals surface area contributed by atoms with Crippen LogP contribution in [0.3, 0.4) is 0 Å². The summed E-state index contributed by atoms with van der Waals surface area (Å²) in [6.45, 7) is 0. The number of benzene rings is 1. The molecule has 0 spiro atoms. The fraction of sp³-hybridized carbons (Fsp3) is 0.133. The molecule has 2 N–H and O–H groups in total. The highest BCUT2D eigenvalue weighted by Crippen LogP contribution is 2.28. The molecule has 1 aromatic carbocycles. The zero-order chi connectivity index (χ0) is 17.0. The van der Waals surface area contributed by atoms with Crippen molar-refractivity contribution in [3.63, 3.8) is 0 Å². The van der Waals surface area contributed by atoms with Crippen LogP contribution in [0.1, 0.15) is 16.1 Å². The number of aromatic carboxylic acids is 1. The van der Waals surface area contributed by atoms with Gasteiger partial charge in [-0.25, -0.2) is 14.2 Å². The predicted octanol–water partition coefficient (Wildman–Crippen LogP) is 2.87. The van der Waals surface area contributed by atoms with E-state index in [1.807, 2.05) is 0 Å². The van der Waals surface area contributed by atoms with E-state index in [0.717, 1.165) is 0 Å². The van der Waals surface area contributed by atoms with E-state index in [0.29, 0.717) is 10.2 Å². The second-order valence-electron chi connectivity index (χ2n) is 4.54. The minimum absolute atomic E-state index is 0.162. The van der Waals surface area contributed by atoms with Gasteiger partial charge in [-0.1, -0.05) is 0 Å². The average Bonchev–Trinajstić information content (AvgIpc) is 2.50. The van der Waals surface area contributed by atoms with Crippen LogP contribution in [0.5, 0.6) is 5.75 Å². The highest BCUT2D eigenvalue weighted by atomic mass is 79.9. The lowest BCUT2D eigenvalue weighted by Crippen LogP contribution is -2.16. The van der Waals surface area contributed by atoms with Crippen molar-refractivity contribution in [3.8, 4) is 5.75 Å². The van der Waals surface area contributed by atoms with Crippen LogP contribution in [-0.4, -0.2) is 29.1 Å². The summed E-state index contributed by atoms with van der Waals surface area (Å²) in [4.78, 5) is 26.5. The van der Waals surface area contributed by atoms with Crippen molar-refractivity contribution in [1.82, 2.24) is 4.98 Å². The Morgan fingerprint density at radius 3 is 2.78 bits per heavy atom. The molecule has 0 saturated carbocycles. The number of nitrogens with zero attached hydrogens (tertiary/aromatic N) is 1. The smallest absolute Gasteiger partial charge is 0.354 e. The maximum atomic E-state index is 13.9. The minimum Gasteiger partial charge on any atom is -0.496 e. The molecule has 0 aliphatic carbocycles. The molecule has 2 rings (SSSR count). The van der Waals surface area contributed by atoms with Crippen LogP contribution in [0.2, 0.25) is 0 Å². The van der Waals surface area contributed by atoms with E-state index < -0.39 is 17.7 Å². The Morgan fingerprint density at radius 2 is 2.13 bits per heavy atom. The molecular weight excluding hydrogens is 371 g/mol. The summed E-state index contributed by atoms with van der Waals surface area (Å²) in [6.07, 6.45) is 1.04. The third kappa shape index (κ3) is 4.26. The van der Waals surface area contributed by atoms with Gasteiger partial charge in [-0.15, -0.1) is 0 Å². The Balaban J connectivity index is 2.14. The number of amides is 1. The topological polar surface area (TPSA) is 88.5 Å². The van der Waals surface area contributed by atoms with Crippen LogP contribution in [0.15, 0.2) is 34.9 Å². The molecule has 0 bridgehead atoms. The quantitative estimate of drug-likeness (QED) is 0.829. The van der Waals surface area contributed by atoms with Crippen LogP contribution < -0.4 is 10.1 Å². The number of hydrogen-bond acceptors (Lipinski definition) is 4. The van der Waals surface area contributed by atoms with Gasteiger partial charge in [0.2, 0.25) is 5.91 Å². The van der Waals surface area contributed by atoms with E-state index in [1.54, 1.807) is 0 Å². The first-order valence-corrected chi connectivity index (χ1v) is 7.21. The number of ether oxygens (including phenoxy) is 1. The zero-order valence-corrected chi connectivity index (χ0v) is 13.6. The van der Waals surface area contributed by atoms with Gasteiger partial charge in [0.1, 0.15) is 17.3 Å². The van der Waals surface area contributed by atoms with Crippen LogP contribution in [0.4, 0.5) is 10.1 Å². The van der Waals surface area contributed by atoms with Gasteiger partial charge in [0.25, 0.3) is 0 Å². The summed E-state index contributed by atoms with van der Waals surface area (Å²) in [5, 5.41) is 11.4. The Kier molecular flexibility index (Phi) is 5.28. The standard InChI is InChI=1S/C15H12BrFN2O4/c1-23-13-4-8(11(17)7-10(13)16)5-14(20)19-9-2-3-18-12(6-9)15(21)22/h2-4,6-7H,5H2,1H3,(H,21,22)(H,18,19,20). The second-order valence-corrected chi connectivity index (χ2v) is 5.39. The third-order valence-electron chi connectivity index (χ3n) is 2.93. The lowest BCUT2D eigenvalue weighted by molar-refractivity contribution is -0.115. The summed E-state index contributed by atoms with van der Waals surface area (Å²) in [5.41, 5.74) is 0.237. The van der Waals surface area contributed by atoms with E-state index in [1.165, 1.54) is 37.6 Å². The molecule has 0 aliphatic heterocycles. The highest BCUT2D eigenvalue weighted by Gasteiger charge is 2.13. The van der Waals surface area contributed by atoms with E-state index in [9.17, 15) is 14.0 Å². The van der Waals surface area contributed by atoms with Gasteiger partial charge < -0.3 is 15.2 Å². The number of pyridine rings is 1. The summed E-state index contributed by atoms with van der Waals surface area (Å²) < 4.78 is 19.4. The Labute approximate surface area is 139 Å². The molecule has 23 heavy (non-hydrogen) atoms. The number of hydrogen-bond donors (Lipinski definition) is 2. The minimum atomic E-state index is -1.20. The van der Waals surface area contributed by atoms with Gasteiger partial charge in [0.15, 0.2) is 0 Å². The zero-order valence-electron chi connectivity index (χ0n) is 12.0. The summed E-state index contributed by atoms with van der Waals surface area (Å²) >= 11 is 3.15. The van der Waals surface area contributed by atoms with Gasteiger partial charge >= 0.3 is 5.97 Å². The highest BCUT2D eigenvalue weighted by molar-refractivity contribution is 9.10. The monoisotopic (exact) mass is 382 g/mol. The fourth-order valence-electron chi connectivity index (χ4n) is 1.87. The average molecular weight is 383 g/mol. The van der Waals surface area contributed by atoms with Gasteiger partial charge in [-0.3, -0.25) is 4.79 Å². The molecule has 120 valence electrons. The van der Waals surface area contributed by atoms with Gasteiger partial charge in [-0.2, -0.15) is 0 Å². The molecule has 8 heteroatoms. The Bertz CT molecular complexity index is 767. The number of halogens is 2. The normalized spacial score (nSPS) is 10.2. The molecule has 0 atom stereocenters. The fourth-order valence-corrected chi connectivity index (χ4v) is 2.34. The molecule has 0 saturated heterocycles. The van der Waals surface area contributed by atoms with E-state index >= 15 is 0 Å². The number of carbonyl (C=O) groups excluding carboxylic acids is 1. The van der Waals surface area contributed by atoms with Crippen LogP contribution >= 0.6 is 15.9 Å². The van der Waals surface area contributed by atoms with Crippen LogP contribution in [0.25, 0.3) is 0 Å². The Hall–Kier alpha value is -2.48. The maximum absolute atomic E-state index is 13.9. The maximum Gasteiger partial charge on any atom is 0.354 e. The summed E-state index contributed by atoms with van der Waals surface area (Å²) in [7, 11) is 1.44. The van der Waals surface area contributed by atoms with Crippen LogP contribution in [0, 0.1) is 5.82 Å². The van der Waals surface area contributed by atoms with Gasteiger partial charge in [0, 0.05) is 17.4 Å². The van der Waals surface area contributed by atoms with Crippen molar-refractivity contribution in [2.24, 2.45) is 0 Å². The summed E-state index contributed by atoms with van der Waals surface area (Å²) in [6, 6.07) is 5.31. The number of nitrogens with one attached hydrogen (secondary N) is 1. The molecule has 0 aliphatic rings. The number of aromatic nitrogens is 1. The van der Waals surface area contributed by atoms with Crippen molar-refractivity contribution in [2.75, 3.05) is 12.4 Å². The number of anilines is 1. The number of carboxylic acid groups (broad SMARTS) is 1. The second kappa shape index (κ2) is 7.19. The molecule has 0 fully saturated rings. The number of carbonyl (C=O) groups is 2. The third-order valence-corrected chi connectivity index (χ3v) is 3.55. The largest absolute Gasteiger partial charge is 0.496 e. The first-order chi connectivity index (χ1) is 10.9. The van der Waals surface area contributed by atoms with Crippen LogP contribution in [-0.2, 0) is 11.2 Å². The lowest BCUT2D eigenvalue weighted by Gasteiger charge is -2.09. The number of methoxy groups -OCH3 is 1. The first kappa shape index (κ1) is 16.9. The van der Waals surface area contributed by atoms with Gasteiger partial charge in [0.05, 0.1) is 18.0 Å². The first-order valence-electron chi connectivity index (χ1n) is 6.42. The molecule has 0 radical (unpaired) electrons. The molecule has 1 amide bonds. The van der Waals surface area contributed by atoms with E-state index in [-0.39, 0.29) is 23.4 Å².